The standard InChI is InChI=1S/C11H26N2O2/c1-5-9(12)7-14-11(3,4)15-8-10(13)6-2/h9-10H,5-8,12-13H2,1-4H3/p+1. The molecule has 0 amide bonds. The van der Waals surface area contributed by atoms with Crippen LogP contribution < -0.4 is 11.5 Å². The van der Waals surface area contributed by atoms with Crippen LogP contribution in [0.3, 0.4) is 0 Å². The van der Waals surface area contributed by atoms with Crippen LogP contribution in [0.2, 0.25) is 0 Å². The Hall–Kier alpha value is -0.160. The van der Waals surface area contributed by atoms with Crippen molar-refractivity contribution in [2.45, 2.75) is 58.4 Å². The minimum atomic E-state index is -0.558. The molecule has 0 spiro atoms. The molecule has 0 radical (unpaired) electrons. The van der Waals surface area contributed by atoms with Crippen LogP contribution in [-0.4, -0.2) is 31.1 Å². The Morgan fingerprint density at radius 2 is 1.67 bits per heavy atom. The van der Waals surface area contributed by atoms with E-state index in [4.69, 9.17) is 15.2 Å². The predicted octanol–water partition coefficient (Wildman–Crippen LogP) is 0.514. The first-order valence-corrected chi connectivity index (χ1v) is 5.77. The first-order valence-electron chi connectivity index (χ1n) is 5.77. The van der Waals surface area contributed by atoms with Crippen molar-refractivity contribution in [1.29, 1.82) is 0 Å². The van der Waals surface area contributed by atoms with Crippen LogP contribution in [0.25, 0.3) is 0 Å². The molecular formula is C11H27N2O2+. The van der Waals surface area contributed by atoms with E-state index in [1.807, 2.05) is 20.8 Å². The average Bonchev–Trinajstić information content (AvgIpc) is 2.22. The van der Waals surface area contributed by atoms with Gasteiger partial charge in [0.25, 0.3) is 0 Å². The van der Waals surface area contributed by atoms with Gasteiger partial charge in [-0.2, -0.15) is 0 Å². The predicted molar refractivity (Wildman–Crippen MR) is 61.2 cm³/mol. The highest BCUT2D eigenvalue weighted by atomic mass is 16.7. The third-order valence-electron chi connectivity index (χ3n) is 2.41. The SMILES string of the molecule is CCC(N)COC(C)(C)OCC([NH3+])CC. The Balaban J connectivity index is 3.75. The highest BCUT2D eigenvalue weighted by molar-refractivity contribution is 4.61. The molecule has 0 bridgehead atoms. The molecule has 0 fully saturated rings. The minimum Gasteiger partial charge on any atom is -0.353 e. The minimum absolute atomic E-state index is 0.0922. The highest BCUT2D eigenvalue weighted by Crippen LogP contribution is 2.12. The number of hydrogen-bond donors (Lipinski definition) is 2. The quantitative estimate of drug-likeness (QED) is 0.584. The molecule has 0 aromatic heterocycles. The number of rotatable bonds is 8. The van der Waals surface area contributed by atoms with Gasteiger partial charge in [0.05, 0.1) is 6.61 Å². The molecule has 0 aliphatic carbocycles. The Kier molecular flexibility index (Phi) is 7.09. The lowest BCUT2D eigenvalue weighted by atomic mass is 10.2. The summed E-state index contributed by atoms with van der Waals surface area (Å²) in [6, 6.07) is 0.419. The molecule has 0 aromatic rings. The molecule has 0 rings (SSSR count). The van der Waals surface area contributed by atoms with Crippen molar-refractivity contribution in [1.82, 2.24) is 0 Å². The summed E-state index contributed by atoms with van der Waals surface area (Å²) in [7, 11) is 0. The molecule has 0 saturated heterocycles. The molecule has 0 aromatic carbocycles. The highest BCUT2D eigenvalue weighted by Gasteiger charge is 2.21. The van der Waals surface area contributed by atoms with E-state index in [-0.39, 0.29) is 6.04 Å². The van der Waals surface area contributed by atoms with E-state index in [1.165, 1.54) is 0 Å². The lowest BCUT2D eigenvalue weighted by Gasteiger charge is -2.27. The maximum Gasteiger partial charge on any atom is 0.163 e. The summed E-state index contributed by atoms with van der Waals surface area (Å²) in [5.41, 5.74) is 9.74. The molecule has 0 aliphatic heterocycles. The van der Waals surface area contributed by atoms with E-state index in [0.717, 1.165) is 12.8 Å². The van der Waals surface area contributed by atoms with Gasteiger partial charge < -0.3 is 20.9 Å². The third-order valence-corrected chi connectivity index (χ3v) is 2.41. The van der Waals surface area contributed by atoms with E-state index >= 15 is 0 Å². The van der Waals surface area contributed by atoms with Crippen molar-refractivity contribution >= 4 is 0 Å². The summed E-state index contributed by atoms with van der Waals surface area (Å²) in [5.74, 6) is -0.558. The first kappa shape index (κ1) is 14.8. The monoisotopic (exact) mass is 219 g/mol. The van der Waals surface area contributed by atoms with E-state index in [0.29, 0.717) is 19.3 Å². The van der Waals surface area contributed by atoms with Gasteiger partial charge in [-0.25, -0.2) is 0 Å². The van der Waals surface area contributed by atoms with Gasteiger partial charge in [-0.1, -0.05) is 13.8 Å². The summed E-state index contributed by atoms with van der Waals surface area (Å²) in [6.07, 6.45) is 1.94. The summed E-state index contributed by atoms with van der Waals surface area (Å²) in [4.78, 5) is 0. The molecule has 2 atom stereocenters. The van der Waals surface area contributed by atoms with Gasteiger partial charge in [-0.15, -0.1) is 0 Å². The van der Waals surface area contributed by atoms with Gasteiger partial charge in [0, 0.05) is 6.04 Å². The van der Waals surface area contributed by atoms with Crippen LogP contribution in [0.5, 0.6) is 0 Å². The van der Waals surface area contributed by atoms with Crippen LogP contribution in [0, 0.1) is 0 Å². The van der Waals surface area contributed by atoms with E-state index in [1.54, 1.807) is 0 Å². The molecule has 0 saturated carbocycles. The van der Waals surface area contributed by atoms with Gasteiger partial charge in [-0.3, -0.25) is 0 Å². The lowest BCUT2D eigenvalue weighted by molar-refractivity contribution is -0.434. The molecule has 4 nitrogen and oxygen atoms in total. The Bertz CT molecular complexity index is 147. The zero-order chi connectivity index (χ0) is 11.9. The Morgan fingerprint density at radius 3 is 2.13 bits per heavy atom. The van der Waals surface area contributed by atoms with Crippen molar-refractivity contribution in [2.24, 2.45) is 5.73 Å². The van der Waals surface area contributed by atoms with Gasteiger partial charge in [0.2, 0.25) is 0 Å². The van der Waals surface area contributed by atoms with Crippen molar-refractivity contribution in [2.75, 3.05) is 13.2 Å². The third kappa shape index (κ3) is 7.73. The number of hydrogen-bond acceptors (Lipinski definition) is 3. The second-order valence-corrected chi connectivity index (χ2v) is 4.46. The molecule has 15 heavy (non-hydrogen) atoms. The van der Waals surface area contributed by atoms with Gasteiger partial charge in [-0.05, 0) is 26.7 Å². The normalized spacial score (nSPS) is 16.4. The molecule has 92 valence electrons. The van der Waals surface area contributed by atoms with Gasteiger partial charge >= 0.3 is 0 Å². The Morgan fingerprint density at radius 1 is 1.13 bits per heavy atom. The fourth-order valence-electron chi connectivity index (χ4n) is 0.904. The number of quaternary nitrogens is 1. The first-order chi connectivity index (χ1) is 6.91. The van der Waals surface area contributed by atoms with Crippen LogP contribution in [0.4, 0.5) is 0 Å². The fraction of sp³-hybridized carbons (Fsp3) is 1.00. The second kappa shape index (κ2) is 7.17. The molecule has 0 heterocycles. The topological polar surface area (TPSA) is 72.1 Å². The van der Waals surface area contributed by atoms with Crippen LogP contribution >= 0.6 is 0 Å². The van der Waals surface area contributed by atoms with Crippen molar-refractivity contribution in [3.63, 3.8) is 0 Å². The van der Waals surface area contributed by atoms with Crippen molar-refractivity contribution in [3.8, 4) is 0 Å². The summed E-state index contributed by atoms with van der Waals surface area (Å²) in [5, 5.41) is 0. The average molecular weight is 219 g/mol. The van der Waals surface area contributed by atoms with Crippen LogP contribution in [-0.2, 0) is 9.47 Å². The maximum atomic E-state index is 5.77. The van der Waals surface area contributed by atoms with Gasteiger partial charge in [0.1, 0.15) is 12.6 Å². The fourth-order valence-corrected chi connectivity index (χ4v) is 0.904. The number of nitrogens with two attached hydrogens (primary N) is 1. The molecule has 5 N–H and O–H groups in total. The van der Waals surface area contributed by atoms with Gasteiger partial charge in [0.15, 0.2) is 5.79 Å². The van der Waals surface area contributed by atoms with Crippen LogP contribution in [0.1, 0.15) is 40.5 Å². The second-order valence-electron chi connectivity index (χ2n) is 4.46. The Labute approximate surface area is 93.3 Å². The summed E-state index contributed by atoms with van der Waals surface area (Å²) in [6.45, 7) is 9.14. The van der Waals surface area contributed by atoms with E-state index in [9.17, 15) is 0 Å². The maximum absolute atomic E-state index is 5.77. The summed E-state index contributed by atoms with van der Waals surface area (Å²) < 4.78 is 11.2. The number of ether oxygens (including phenoxy) is 2. The zero-order valence-corrected chi connectivity index (χ0v) is 10.6. The lowest BCUT2D eigenvalue weighted by Crippen LogP contribution is -2.63. The van der Waals surface area contributed by atoms with E-state index in [2.05, 4.69) is 12.7 Å². The largest absolute Gasteiger partial charge is 0.353 e. The van der Waals surface area contributed by atoms with Crippen LogP contribution in [0.15, 0.2) is 0 Å². The smallest absolute Gasteiger partial charge is 0.163 e. The van der Waals surface area contributed by atoms with E-state index < -0.39 is 5.79 Å². The molecule has 4 heteroatoms. The molecule has 2 unspecified atom stereocenters. The van der Waals surface area contributed by atoms with Crippen molar-refractivity contribution in [3.05, 3.63) is 0 Å². The summed E-state index contributed by atoms with van der Waals surface area (Å²) >= 11 is 0. The van der Waals surface area contributed by atoms with Crippen molar-refractivity contribution < 1.29 is 15.2 Å². The molecular weight excluding hydrogens is 192 g/mol. The zero-order valence-electron chi connectivity index (χ0n) is 10.6. The molecule has 0 aliphatic rings.